The lowest BCUT2D eigenvalue weighted by molar-refractivity contribution is 0.423. The Morgan fingerprint density at radius 3 is 2.36 bits per heavy atom. The van der Waals surface area contributed by atoms with Crippen LogP contribution in [-0.2, 0) is 10.0 Å². The minimum atomic E-state index is -3.49. The highest BCUT2D eigenvalue weighted by atomic mass is 32.2. The molecule has 0 fully saturated rings. The number of benzene rings is 1. The maximum atomic E-state index is 12.1. The Morgan fingerprint density at radius 2 is 1.84 bits per heavy atom. The normalized spacial score (nSPS) is 11.7. The van der Waals surface area contributed by atoms with Crippen molar-refractivity contribution in [2.45, 2.75) is 4.90 Å². The van der Waals surface area contributed by atoms with Crippen molar-refractivity contribution >= 4 is 15.9 Å². The lowest BCUT2D eigenvalue weighted by Crippen LogP contribution is -2.22. The van der Waals surface area contributed by atoms with Crippen LogP contribution in [0.1, 0.15) is 5.69 Å². The molecule has 0 spiro atoms. The van der Waals surface area contributed by atoms with Crippen LogP contribution in [0.3, 0.4) is 0 Å². The SMILES string of the molecule is CN(C)CCNc1oc(-c2ccc(S(=O)(=O)N(C)C)cc2)nc1C#N. The van der Waals surface area contributed by atoms with Gasteiger partial charge in [0.25, 0.3) is 0 Å². The molecule has 1 N–H and O–H groups in total. The van der Waals surface area contributed by atoms with E-state index in [1.807, 2.05) is 25.1 Å². The zero-order valence-corrected chi connectivity index (χ0v) is 15.5. The van der Waals surface area contributed by atoms with Crippen LogP contribution in [0.2, 0.25) is 0 Å². The van der Waals surface area contributed by atoms with E-state index >= 15 is 0 Å². The van der Waals surface area contributed by atoms with Gasteiger partial charge in [-0.3, -0.25) is 0 Å². The lowest BCUT2D eigenvalue weighted by Gasteiger charge is -2.11. The number of anilines is 1. The first kappa shape index (κ1) is 18.9. The van der Waals surface area contributed by atoms with Crippen LogP contribution >= 0.6 is 0 Å². The van der Waals surface area contributed by atoms with Gasteiger partial charge in [-0.1, -0.05) is 0 Å². The molecule has 0 unspecified atom stereocenters. The molecule has 0 saturated carbocycles. The third-order valence-electron chi connectivity index (χ3n) is 3.46. The molecular formula is C16H21N5O3S. The van der Waals surface area contributed by atoms with Gasteiger partial charge < -0.3 is 14.6 Å². The lowest BCUT2D eigenvalue weighted by atomic mass is 10.2. The van der Waals surface area contributed by atoms with Gasteiger partial charge in [-0.25, -0.2) is 12.7 Å². The van der Waals surface area contributed by atoms with Crippen LogP contribution in [0.5, 0.6) is 0 Å². The number of nitrogens with one attached hydrogen (secondary N) is 1. The molecule has 1 heterocycles. The van der Waals surface area contributed by atoms with Crippen molar-refractivity contribution in [3.63, 3.8) is 0 Å². The molecule has 0 bridgehead atoms. The van der Waals surface area contributed by atoms with Crippen molar-refractivity contribution in [1.29, 1.82) is 5.26 Å². The molecule has 8 nitrogen and oxygen atoms in total. The van der Waals surface area contributed by atoms with E-state index in [9.17, 15) is 13.7 Å². The summed E-state index contributed by atoms with van der Waals surface area (Å²) in [6, 6.07) is 8.17. The molecule has 0 aliphatic rings. The molecule has 2 aromatic rings. The van der Waals surface area contributed by atoms with Crippen LogP contribution in [-0.4, -0.2) is 63.9 Å². The Hall–Kier alpha value is -2.41. The summed E-state index contributed by atoms with van der Waals surface area (Å²) >= 11 is 0. The van der Waals surface area contributed by atoms with E-state index in [0.29, 0.717) is 18.0 Å². The van der Waals surface area contributed by atoms with E-state index in [0.717, 1.165) is 10.8 Å². The van der Waals surface area contributed by atoms with Crippen LogP contribution < -0.4 is 5.32 Å². The van der Waals surface area contributed by atoms with Crippen molar-refractivity contribution in [3.8, 4) is 17.5 Å². The Labute approximate surface area is 147 Å². The second-order valence-electron chi connectivity index (χ2n) is 5.85. The third kappa shape index (κ3) is 4.36. The molecule has 0 saturated heterocycles. The van der Waals surface area contributed by atoms with Gasteiger partial charge in [-0.15, -0.1) is 0 Å². The summed E-state index contributed by atoms with van der Waals surface area (Å²) in [5.74, 6) is 0.571. The van der Waals surface area contributed by atoms with Crippen molar-refractivity contribution in [3.05, 3.63) is 30.0 Å². The first-order valence-electron chi connectivity index (χ1n) is 7.58. The van der Waals surface area contributed by atoms with Gasteiger partial charge >= 0.3 is 0 Å². The second-order valence-corrected chi connectivity index (χ2v) is 8.00. The highest BCUT2D eigenvalue weighted by Gasteiger charge is 2.18. The fraction of sp³-hybridized carbons (Fsp3) is 0.375. The van der Waals surface area contributed by atoms with Crippen molar-refractivity contribution in [2.24, 2.45) is 0 Å². The van der Waals surface area contributed by atoms with Crippen molar-refractivity contribution in [2.75, 3.05) is 46.6 Å². The topological polar surface area (TPSA) is 102 Å². The van der Waals surface area contributed by atoms with E-state index in [4.69, 9.17) is 4.42 Å². The Morgan fingerprint density at radius 1 is 1.20 bits per heavy atom. The number of hydrogen-bond donors (Lipinski definition) is 1. The number of rotatable bonds is 7. The van der Waals surface area contributed by atoms with Gasteiger partial charge in [0, 0.05) is 32.7 Å². The molecule has 25 heavy (non-hydrogen) atoms. The van der Waals surface area contributed by atoms with Gasteiger partial charge in [-0.2, -0.15) is 10.2 Å². The summed E-state index contributed by atoms with van der Waals surface area (Å²) in [5, 5.41) is 12.2. The number of aromatic nitrogens is 1. The summed E-state index contributed by atoms with van der Waals surface area (Å²) in [4.78, 5) is 6.34. The quantitative estimate of drug-likeness (QED) is 0.794. The Balaban J connectivity index is 2.25. The van der Waals surface area contributed by atoms with Gasteiger partial charge in [0.2, 0.25) is 27.5 Å². The van der Waals surface area contributed by atoms with Crippen LogP contribution in [0.25, 0.3) is 11.5 Å². The van der Waals surface area contributed by atoms with Gasteiger partial charge in [0.05, 0.1) is 4.90 Å². The summed E-state index contributed by atoms with van der Waals surface area (Å²) in [7, 11) is 3.35. The predicted octanol–water partition coefficient (Wildman–Crippen LogP) is 1.44. The van der Waals surface area contributed by atoms with E-state index in [1.54, 1.807) is 12.1 Å². The van der Waals surface area contributed by atoms with Crippen LogP contribution in [0.4, 0.5) is 5.88 Å². The first-order chi connectivity index (χ1) is 11.8. The van der Waals surface area contributed by atoms with Crippen LogP contribution in [0.15, 0.2) is 33.6 Å². The number of hydrogen-bond acceptors (Lipinski definition) is 7. The standard InChI is InChI=1S/C16H21N5O3S/c1-20(2)10-9-18-16-14(11-17)19-15(24-16)12-5-7-13(8-6-12)25(22,23)21(3)4/h5-8,18H,9-10H2,1-4H3. The average Bonchev–Trinajstić information content (AvgIpc) is 2.97. The van der Waals surface area contributed by atoms with Crippen LogP contribution in [0, 0.1) is 11.3 Å². The third-order valence-corrected chi connectivity index (χ3v) is 5.29. The van der Waals surface area contributed by atoms with Crippen molar-refractivity contribution in [1.82, 2.24) is 14.2 Å². The smallest absolute Gasteiger partial charge is 0.242 e. The number of nitrogens with zero attached hydrogens (tertiary/aromatic N) is 4. The molecule has 134 valence electrons. The minimum Gasteiger partial charge on any atom is -0.419 e. The summed E-state index contributed by atoms with van der Waals surface area (Å²) in [6.07, 6.45) is 0. The highest BCUT2D eigenvalue weighted by molar-refractivity contribution is 7.89. The average molecular weight is 363 g/mol. The number of likely N-dealkylation sites (N-methyl/N-ethyl adjacent to an activating group) is 1. The fourth-order valence-corrected chi connectivity index (χ4v) is 2.91. The number of nitriles is 1. The molecule has 2 rings (SSSR count). The Bertz CT molecular complexity index is 864. The first-order valence-corrected chi connectivity index (χ1v) is 9.02. The molecule has 1 aromatic carbocycles. The zero-order valence-electron chi connectivity index (χ0n) is 14.6. The Kier molecular flexibility index (Phi) is 5.79. The monoisotopic (exact) mass is 363 g/mol. The predicted molar refractivity (Wildman–Crippen MR) is 94.6 cm³/mol. The van der Waals surface area contributed by atoms with E-state index in [1.165, 1.54) is 26.2 Å². The summed E-state index contributed by atoms with van der Waals surface area (Å²) in [5.41, 5.74) is 0.758. The summed E-state index contributed by atoms with van der Waals surface area (Å²) in [6.45, 7) is 1.38. The van der Waals surface area contributed by atoms with E-state index in [2.05, 4.69) is 10.3 Å². The second kappa shape index (κ2) is 7.65. The molecule has 0 aliphatic carbocycles. The molecule has 0 atom stereocenters. The molecule has 0 aliphatic heterocycles. The minimum absolute atomic E-state index is 0.166. The highest BCUT2D eigenvalue weighted by Crippen LogP contribution is 2.26. The van der Waals surface area contributed by atoms with Gasteiger partial charge in [0.15, 0.2) is 0 Å². The molecular weight excluding hydrogens is 342 g/mol. The number of oxazole rings is 1. The van der Waals surface area contributed by atoms with E-state index in [-0.39, 0.29) is 16.5 Å². The summed E-state index contributed by atoms with van der Waals surface area (Å²) < 4.78 is 30.9. The molecule has 9 heteroatoms. The van der Waals surface area contributed by atoms with Gasteiger partial charge in [-0.05, 0) is 38.4 Å². The fourth-order valence-electron chi connectivity index (χ4n) is 2.01. The maximum Gasteiger partial charge on any atom is 0.242 e. The molecule has 0 radical (unpaired) electrons. The number of sulfonamides is 1. The largest absolute Gasteiger partial charge is 0.419 e. The maximum absolute atomic E-state index is 12.1. The molecule has 1 aromatic heterocycles. The van der Waals surface area contributed by atoms with Crippen molar-refractivity contribution < 1.29 is 12.8 Å². The van der Waals surface area contributed by atoms with Gasteiger partial charge in [0.1, 0.15) is 6.07 Å². The molecule has 0 amide bonds. The van der Waals surface area contributed by atoms with E-state index < -0.39 is 10.0 Å². The zero-order chi connectivity index (χ0) is 18.6.